The van der Waals surface area contributed by atoms with Gasteiger partial charge in [0.2, 0.25) is 0 Å². The molecule has 1 aromatic rings. The van der Waals surface area contributed by atoms with Gasteiger partial charge in [-0.15, -0.1) is 11.8 Å². The van der Waals surface area contributed by atoms with E-state index in [9.17, 15) is 0 Å². The number of thioether (sulfide) groups is 1. The zero-order valence-electron chi connectivity index (χ0n) is 15.6. The molecule has 0 spiro atoms. The number of hydrogen-bond donors (Lipinski definition) is 0. The molecular formula is C21H36N2S. The average Bonchev–Trinajstić information content (AvgIpc) is 2.62. The van der Waals surface area contributed by atoms with Gasteiger partial charge in [-0.2, -0.15) is 0 Å². The van der Waals surface area contributed by atoms with Crippen molar-refractivity contribution in [3.63, 3.8) is 0 Å². The maximum atomic E-state index is 4.23. The normalized spacial score (nSPS) is 11.4. The molecule has 0 atom stereocenters. The molecule has 0 fully saturated rings. The molecule has 0 aliphatic rings. The van der Waals surface area contributed by atoms with Crippen molar-refractivity contribution in [3.8, 4) is 0 Å². The van der Waals surface area contributed by atoms with Gasteiger partial charge in [-0.3, -0.25) is 0 Å². The highest BCUT2D eigenvalue weighted by molar-refractivity contribution is 7.99. The van der Waals surface area contributed by atoms with E-state index in [-0.39, 0.29) is 0 Å². The Kier molecular flexibility index (Phi) is 15.0. The third-order valence-electron chi connectivity index (χ3n) is 4.21. The Bertz CT molecular complexity index is 392. The second-order valence-corrected chi connectivity index (χ2v) is 7.60. The van der Waals surface area contributed by atoms with Gasteiger partial charge in [-0.05, 0) is 43.9 Å². The highest BCUT2D eigenvalue weighted by Gasteiger charge is 1.95. The third-order valence-corrected chi connectivity index (χ3v) is 5.24. The van der Waals surface area contributed by atoms with Crippen LogP contribution in [-0.2, 0) is 0 Å². The molecule has 0 saturated carbocycles. The summed E-state index contributed by atoms with van der Waals surface area (Å²) in [5.74, 6) is 1.18. The lowest BCUT2D eigenvalue weighted by Gasteiger charge is -2.01. The quantitative estimate of drug-likeness (QED) is 0.136. The minimum absolute atomic E-state index is 1.10. The first-order valence-electron chi connectivity index (χ1n) is 9.97. The van der Waals surface area contributed by atoms with E-state index >= 15 is 0 Å². The summed E-state index contributed by atoms with van der Waals surface area (Å²) in [6.45, 7) is 2.28. The summed E-state index contributed by atoms with van der Waals surface area (Å²) in [7, 11) is 0. The molecule has 0 aromatic carbocycles. The van der Waals surface area contributed by atoms with Crippen molar-refractivity contribution in [3.05, 3.63) is 30.7 Å². The lowest BCUT2D eigenvalue weighted by Crippen LogP contribution is -1.85. The summed E-state index contributed by atoms with van der Waals surface area (Å²) in [6, 6.07) is 1.99. The number of allylic oxidation sites excluding steroid dienone is 2. The molecular weight excluding hydrogens is 312 g/mol. The molecule has 0 aliphatic heterocycles. The summed E-state index contributed by atoms with van der Waals surface area (Å²) < 4.78 is 0. The minimum Gasteiger partial charge on any atom is -0.245 e. The smallest absolute Gasteiger partial charge is 0.116 e. The van der Waals surface area contributed by atoms with Crippen LogP contribution in [0.4, 0.5) is 0 Å². The van der Waals surface area contributed by atoms with E-state index in [0.717, 1.165) is 5.03 Å². The van der Waals surface area contributed by atoms with Gasteiger partial charge in [0.25, 0.3) is 0 Å². The van der Waals surface area contributed by atoms with E-state index in [1.807, 2.05) is 24.0 Å². The van der Waals surface area contributed by atoms with Crippen LogP contribution < -0.4 is 0 Å². The van der Waals surface area contributed by atoms with Gasteiger partial charge in [0.05, 0.1) is 5.03 Å². The van der Waals surface area contributed by atoms with Crippen LogP contribution in [0.3, 0.4) is 0 Å². The van der Waals surface area contributed by atoms with Crippen molar-refractivity contribution < 1.29 is 0 Å². The van der Waals surface area contributed by atoms with Crippen molar-refractivity contribution in [2.45, 2.75) is 95.4 Å². The largest absolute Gasteiger partial charge is 0.245 e. The molecule has 0 bridgehead atoms. The highest BCUT2D eigenvalue weighted by Crippen LogP contribution is 2.16. The Morgan fingerprint density at radius 3 is 2.08 bits per heavy atom. The summed E-state index contributed by atoms with van der Waals surface area (Å²) in [5.41, 5.74) is 0. The van der Waals surface area contributed by atoms with Crippen molar-refractivity contribution in [1.29, 1.82) is 0 Å². The van der Waals surface area contributed by atoms with E-state index in [4.69, 9.17) is 0 Å². The third kappa shape index (κ3) is 13.6. The van der Waals surface area contributed by atoms with Crippen molar-refractivity contribution >= 4 is 11.8 Å². The van der Waals surface area contributed by atoms with E-state index in [1.165, 1.54) is 89.2 Å². The Morgan fingerprint density at radius 2 is 1.46 bits per heavy atom. The van der Waals surface area contributed by atoms with Crippen LogP contribution in [0.2, 0.25) is 0 Å². The van der Waals surface area contributed by atoms with Crippen molar-refractivity contribution in [2.24, 2.45) is 0 Å². The van der Waals surface area contributed by atoms with E-state index in [0.29, 0.717) is 0 Å². The van der Waals surface area contributed by atoms with E-state index in [2.05, 4.69) is 29.0 Å². The van der Waals surface area contributed by atoms with Gasteiger partial charge in [-0.25, -0.2) is 9.97 Å². The molecule has 24 heavy (non-hydrogen) atoms. The van der Waals surface area contributed by atoms with Crippen molar-refractivity contribution in [2.75, 3.05) is 5.75 Å². The maximum absolute atomic E-state index is 4.23. The molecule has 0 saturated heterocycles. The molecule has 136 valence electrons. The molecule has 0 amide bonds. The number of unbranched alkanes of at least 4 members (excludes halogenated alkanes) is 11. The zero-order valence-corrected chi connectivity index (χ0v) is 16.4. The van der Waals surface area contributed by atoms with Gasteiger partial charge < -0.3 is 0 Å². The van der Waals surface area contributed by atoms with E-state index < -0.39 is 0 Å². The maximum Gasteiger partial charge on any atom is 0.116 e. The van der Waals surface area contributed by atoms with Crippen LogP contribution in [0, 0.1) is 0 Å². The second-order valence-electron chi connectivity index (χ2n) is 6.48. The summed E-state index contributed by atoms with van der Waals surface area (Å²) >= 11 is 1.84. The van der Waals surface area contributed by atoms with Crippen molar-refractivity contribution in [1.82, 2.24) is 9.97 Å². The molecule has 0 N–H and O–H groups in total. The zero-order chi connectivity index (χ0) is 17.1. The fraction of sp³-hybridized carbons (Fsp3) is 0.714. The number of hydrogen-bond acceptors (Lipinski definition) is 3. The molecule has 0 radical (unpaired) electrons. The van der Waals surface area contributed by atoms with Crippen LogP contribution >= 0.6 is 11.8 Å². The molecule has 0 unspecified atom stereocenters. The number of aromatic nitrogens is 2. The van der Waals surface area contributed by atoms with Crippen LogP contribution in [0.1, 0.15) is 90.4 Å². The Morgan fingerprint density at radius 1 is 0.833 bits per heavy atom. The van der Waals surface area contributed by atoms with Crippen LogP contribution in [-0.4, -0.2) is 15.7 Å². The predicted octanol–water partition coefficient (Wildman–Crippen LogP) is 7.22. The average molecular weight is 349 g/mol. The SMILES string of the molecule is CCCCCCCCC=CCCCCCCCSc1ccncn1. The molecule has 2 nitrogen and oxygen atoms in total. The Labute approximate surface area is 154 Å². The van der Waals surface area contributed by atoms with Crippen LogP contribution in [0.25, 0.3) is 0 Å². The highest BCUT2D eigenvalue weighted by atomic mass is 32.2. The first kappa shape index (κ1) is 21.2. The van der Waals surface area contributed by atoms with Gasteiger partial charge in [0.1, 0.15) is 6.33 Å². The molecule has 1 heterocycles. The van der Waals surface area contributed by atoms with E-state index in [1.54, 1.807) is 6.33 Å². The molecule has 1 aromatic heterocycles. The van der Waals surface area contributed by atoms with Crippen LogP contribution in [0.5, 0.6) is 0 Å². The van der Waals surface area contributed by atoms with Gasteiger partial charge >= 0.3 is 0 Å². The fourth-order valence-electron chi connectivity index (χ4n) is 2.71. The summed E-state index contributed by atoms with van der Waals surface area (Å²) in [5, 5.41) is 1.10. The molecule has 3 heteroatoms. The lowest BCUT2D eigenvalue weighted by molar-refractivity contribution is 0.610. The summed E-state index contributed by atoms with van der Waals surface area (Å²) in [4.78, 5) is 8.17. The monoisotopic (exact) mass is 348 g/mol. The van der Waals surface area contributed by atoms with Crippen LogP contribution in [0.15, 0.2) is 35.8 Å². The Hall–Kier alpha value is -0.830. The molecule has 1 rings (SSSR count). The van der Waals surface area contributed by atoms with Gasteiger partial charge in [0.15, 0.2) is 0 Å². The summed E-state index contributed by atoms with van der Waals surface area (Å²) in [6.07, 6.45) is 25.9. The first-order valence-corrected chi connectivity index (χ1v) is 11.0. The first-order chi connectivity index (χ1) is 11.9. The van der Waals surface area contributed by atoms with Gasteiger partial charge in [0, 0.05) is 6.20 Å². The minimum atomic E-state index is 1.10. The number of nitrogens with zero attached hydrogens (tertiary/aromatic N) is 2. The number of rotatable bonds is 16. The second kappa shape index (κ2) is 17.0. The molecule has 0 aliphatic carbocycles. The van der Waals surface area contributed by atoms with Gasteiger partial charge in [-0.1, -0.05) is 70.4 Å². The topological polar surface area (TPSA) is 25.8 Å². The Balaban J connectivity index is 1.76. The standard InChI is InChI=1S/C21H36N2S/c1-2-3-4-5-6-7-8-9-10-11-12-13-14-15-16-19-24-21-17-18-22-20-23-21/h9-10,17-18,20H,2-8,11-16,19H2,1H3. The fourth-order valence-corrected chi connectivity index (χ4v) is 3.55. The predicted molar refractivity (Wildman–Crippen MR) is 108 cm³/mol. The lowest BCUT2D eigenvalue weighted by atomic mass is 10.1.